The van der Waals surface area contributed by atoms with E-state index < -0.39 is 6.09 Å². The average molecular weight is 191 g/mol. The molecule has 1 N–H and O–H groups in total. The summed E-state index contributed by atoms with van der Waals surface area (Å²) in [5.41, 5.74) is 0.716. The second kappa shape index (κ2) is 5.07. The number of anilines is 1. The summed E-state index contributed by atoms with van der Waals surface area (Å²) in [4.78, 5) is 11.2. The van der Waals surface area contributed by atoms with Gasteiger partial charge in [-0.05, 0) is 19.1 Å². The molecule has 0 fully saturated rings. The van der Waals surface area contributed by atoms with Gasteiger partial charge >= 0.3 is 6.09 Å². The standard InChI is InChI=1S/C11H13NO2/c1-3-9(2)14-11(13)12-10-7-5-4-6-8-10/h3-9H,1H2,2H3,(H,12,13)/t9-/m0/s1. The fourth-order valence-electron chi connectivity index (χ4n) is 0.886. The number of hydrogen-bond donors (Lipinski definition) is 1. The Balaban J connectivity index is 2.46. The lowest BCUT2D eigenvalue weighted by molar-refractivity contribution is 0.142. The predicted molar refractivity (Wildman–Crippen MR) is 56.2 cm³/mol. The number of carbonyl (C=O) groups is 1. The Morgan fingerprint density at radius 1 is 1.50 bits per heavy atom. The van der Waals surface area contributed by atoms with Crippen LogP contribution in [0.5, 0.6) is 0 Å². The first-order valence-corrected chi connectivity index (χ1v) is 4.37. The Morgan fingerprint density at radius 2 is 2.14 bits per heavy atom. The molecule has 3 heteroatoms. The molecule has 0 heterocycles. The molecule has 0 aliphatic rings. The van der Waals surface area contributed by atoms with Crippen molar-refractivity contribution in [3.8, 4) is 0 Å². The summed E-state index contributed by atoms with van der Waals surface area (Å²) in [6.45, 7) is 5.26. The molecule has 0 aliphatic heterocycles. The molecule has 0 bridgehead atoms. The second-order valence-electron chi connectivity index (χ2n) is 2.84. The quantitative estimate of drug-likeness (QED) is 0.746. The SMILES string of the molecule is C=C[C@H](C)OC(=O)Nc1ccccc1. The van der Waals surface area contributed by atoms with Gasteiger partial charge in [0.25, 0.3) is 0 Å². The smallest absolute Gasteiger partial charge is 0.412 e. The van der Waals surface area contributed by atoms with Gasteiger partial charge in [0, 0.05) is 5.69 Å². The fraction of sp³-hybridized carbons (Fsp3) is 0.182. The zero-order valence-electron chi connectivity index (χ0n) is 8.07. The molecule has 74 valence electrons. The summed E-state index contributed by atoms with van der Waals surface area (Å²) in [5.74, 6) is 0. The Kier molecular flexibility index (Phi) is 3.73. The number of benzene rings is 1. The molecule has 14 heavy (non-hydrogen) atoms. The van der Waals surface area contributed by atoms with Crippen LogP contribution in [-0.4, -0.2) is 12.2 Å². The van der Waals surface area contributed by atoms with Crippen LogP contribution in [0.2, 0.25) is 0 Å². The van der Waals surface area contributed by atoms with Crippen LogP contribution >= 0.6 is 0 Å². The largest absolute Gasteiger partial charge is 0.442 e. The molecule has 0 saturated carbocycles. The third-order valence-electron chi connectivity index (χ3n) is 1.65. The van der Waals surface area contributed by atoms with Crippen molar-refractivity contribution in [3.05, 3.63) is 43.0 Å². The highest BCUT2D eigenvalue weighted by Gasteiger charge is 2.05. The van der Waals surface area contributed by atoms with Gasteiger partial charge < -0.3 is 4.74 Å². The lowest BCUT2D eigenvalue weighted by Gasteiger charge is -2.09. The second-order valence-corrected chi connectivity index (χ2v) is 2.84. The number of amides is 1. The third-order valence-corrected chi connectivity index (χ3v) is 1.65. The highest BCUT2D eigenvalue weighted by Crippen LogP contribution is 2.06. The molecule has 0 unspecified atom stereocenters. The van der Waals surface area contributed by atoms with E-state index in [1.165, 1.54) is 0 Å². The molecule has 3 nitrogen and oxygen atoms in total. The zero-order chi connectivity index (χ0) is 10.4. The van der Waals surface area contributed by atoms with Crippen molar-refractivity contribution in [1.29, 1.82) is 0 Å². The molecule has 1 amide bonds. The van der Waals surface area contributed by atoms with E-state index in [-0.39, 0.29) is 6.10 Å². The summed E-state index contributed by atoms with van der Waals surface area (Å²) in [6.07, 6.45) is 0.812. The van der Waals surface area contributed by atoms with Crippen LogP contribution in [0, 0.1) is 0 Å². The van der Waals surface area contributed by atoms with Crippen LogP contribution in [0.4, 0.5) is 10.5 Å². The van der Waals surface area contributed by atoms with Crippen molar-refractivity contribution in [2.24, 2.45) is 0 Å². The van der Waals surface area contributed by atoms with Crippen molar-refractivity contribution in [2.45, 2.75) is 13.0 Å². The maximum absolute atomic E-state index is 11.2. The Morgan fingerprint density at radius 3 is 2.71 bits per heavy atom. The van der Waals surface area contributed by atoms with E-state index in [0.717, 1.165) is 0 Å². The molecule has 1 aromatic carbocycles. The van der Waals surface area contributed by atoms with E-state index in [1.54, 1.807) is 25.1 Å². The number of nitrogens with one attached hydrogen (secondary N) is 1. The number of hydrogen-bond acceptors (Lipinski definition) is 2. The van der Waals surface area contributed by atoms with Crippen molar-refractivity contribution in [3.63, 3.8) is 0 Å². The fourth-order valence-corrected chi connectivity index (χ4v) is 0.886. The Bertz CT molecular complexity index is 308. The minimum absolute atomic E-state index is 0.279. The molecular formula is C11H13NO2. The van der Waals surface area contributed by atoms with Gasteiger partial charge in [-0.2, -0.15) is 0 Å². The maximum atomic E-state index is 11.2. The molecule has 1 aromatic rings. The van der Waals surface area contributed by atoms with Gasteiger partial charge in [0.05, 0.1) is 0 Å². The summed E-state index contributed by atoms with van der Waals surface area (Å²) in [5, 5.41) is 2.60. The van der Waals surface area contributed by atoms with Gasteiger partial charge in [-0.3, -0.25) is 5.32 Å². The average Bonchev–Trinajstić information content (AvgIpc) is 2.19. The summed E-state index contributed by atoms with van der Waals surface area (Å²) < 4.78 is 4.94. The molecule has 0 spiro atoms. The van der Waals surface area contributed by atoms with Crippen LogP contribution in [-0.2, 0) is 4.74 Å². The van der Waals surface area contributed by atoms with E-state index in [4.69, 9.17) is 4.74 Å². The highest BCUT2D eigenvalue weighted by atomic mass is 16.6. The number of rotatable bonds is 3. The van der Waals surface area contributed by atoms with E-state index in [0.29, 0.717) is 5.69 Å². The van der Waals surface area contributed by atoms with Crippen molar-refractivity contribution in [2.75, 3.05) is 5.32 Å². The van der Waals surface area contributed by atoms with Gasteiger partial charge in [-0.15, -0.1) is 0 Å². The first-order chi connectivity index (χ1) is 6.72. The van der Waals surface area contributed by atoms with Crippen LogP contribution < -0.4 is 5.32 Å². The normalized spacial score (nSPS) is 11.5. The summed E-state index contributed by atoms with van der Waals surface area (Å²) in [6, 6.07) is 9.14. The third kappa shape index (κ3) is 3.31. The Hall–Kier alpha value is -1.77. The molecule has 0 radical (unpaired) electrons. The maximum Gasteiger partial charge on any atom is 0.412 e. The van der Waals surface area contributed by atoms with Crippen LogP contribution in [0.1, 0.15) is 6.92 Å². The summed E-state index contributed by atoms with van der Waals surface area (Å²) >= 11 is 0. The van der Waals surface area contributed by atoms with Crippen LogP contribution in [0.15, 0.2) is 43.0 Å². The topological polar surface area (TPSA) is 38.3 Å². The van der Waals surface area contributed by atoms with Gasteiger partial charge in [0.15, 0.2) is 0 Å². The Labute approximate surface area is 83.4 Å². The van der Waals surface area contributed by atoms with E-state index in [1.807, 2.05) is 18.2 Å². The van der Waals surface area contributed by atoms with E-state index in [2.05, 4.69) is 11.9 Å². The van der Waals surface area contributed by atoms with Crippen molar-refractivity contribution >= 4 is 11.8 Å². The van der Waals surface area contributed by atoms with Gasteiger partial charge in [0.2, 0.25) is 0 Å². The van der Waals surface area contributed by atoms with Gasteiger partial charge in [-0.25, -0.2) is 4.79 Å². The minimum atomic E-state index is -0.469. The molecule has 0 saturated heterocycles. The molecule has 0 aromatic heterocycles. The van der Waals surface area contributed by atoms with E-state index in [9.17, 15) is 4.79 Å². The predicted octanol–water partition coefficient (Wildman–Crippen LogP) is 2.81. The van der Waals surface area contributed by atoms with Gasteiger partial charge in [0.1, 0.15) is 6.10 Å². The lowest BCUT2D eigenvalue weighted by atomic mass is 10.3. The monoisotopic (exact) mass is 191 g/mol. The van der Waals surface area contributed by atoms with Crippen molar-refractivity contribution in [1.82, 2.24) is 0 Å². The molecule has 0 aliphatic carbocycles. The highest BCUT2D eigenvalue weighted by molar-refractivity contribution is 5.84. The van der Waals surface area contributed by atoms with Crippen LogP contribution in [0.3, 0.4) is 0 Å². The first kappa shape index (κ1) is 10.3. The number of carbonyl (C=O) groups excluding carboxylic acids is 1. The molecule has 1 rings (SSSR count). The van der Waals surface area contributed by atoms with Gasteiger partial charge in [-0.1, -0.05) is 30.9 Å². The first-order valence-electron chi connectivity index (χ1n) is 4.37. The van der Waals surface area contributed by atoms with Crippen LogP contribution in [0.25, 0.3) is 0 Å². The van der Waals surface area contributed by atoms with Crippen molar-refractivity contribution < 1.29 is 9.53 Å². The molecule has 1 atom stereocenters. The lowest BCUT2D eigenvalue weighted by Crippen LogP contribution is -2.18. The summed E-state index contributed by atoms with van der Waals surface area (Å²) in [7, 11) is 0. The number of para-hydroxylation sites is 1. The van der Waals surface area contributed by atoms with E-state index >= 15 is 0 Å². The number of ether oxygens (including phenoxy) is 1. The minimum Gasteiger partial charge on any atom is -0.442 e. The zero-order valence-corrected chi connectivity index (χ0v) is 8.07. The molecular weight excluding hydrogens is 178 g/mol.